The summed E-state index contributed by atoms with van der Waals surface area (Å²) in [4.78, 5) is 5.93. The summed E-state index contributed by atoms with van der Waals surface area (Å²) in [5, 5.41) is 2.57. The average Bonchev–Trinajstić information content (AvgIpc) is 2.14. The summed E-state index contributed by atoms with van der Waals surface area (Å²) in [6.45, 7) is 0. The fourth-order valence-corrected chi connectivity index (χ4v) is 1.32. The van der Waals surface area contributed by atoms with Crippen LogP contribution in [0.15, 0.2) is 5.38 Å². The maximum atomic E-state index is 5.34. The van der Waals surface area contributed by atoms with Gasteiger partial charge in [-0.05, 0) is 0 Å². The van der Waals surface area contributed by atoms with E-state index in [0.29, 0.717) is 5.13 Å². The van der Waals surface area contributed by atoms with E-state index in [9.17, 15) is 0 Å². The van der Waals surface area contributed by atoms with Gasteiger partial charge in [0, 0.05) is 0 Å². The van der Waals surface area contributed by atoms with E-state index >= 15 is 0 Å². The number of aromatic nitrogens is 1. The molecule has 0 aromatic carbocycles. The van der Waals surface area contributed by atoms with E-state index < -0.39 is 0 Å². The zero-order chi connectivity index (χ0) is 5.98. The Hall–Kier alpha value is -0.168. The number of nitrogens with zero attached hydrogens (tertiary/aromatic N) is 1. The fourth-order valence-electron chi connectivity index (χ4n) is 0.394. The molecule has 1 heterocycles. The Morgan fingerprint density at radius 2 is 2.62 bits per heavy atom. The van der Waals surface area contributed by atoms with Gasteiger partial charge in [0.05, 0.1) is 0 Å². The van der Waals surface area contributed by atoms with E-state index in [4.69, 9.17) is 5.73 Å². The molecule has 1 aromatic rings. The first-order valence-corrected chi connectivity index (χ1v) is 3.86. The Kier molecular flexibility index (Phi) is 1.79. The molecule has 0 aliphatic carbocycles. The molecular weight excluding hydrogens is 135 g/mol. The van der Waals surface area contributed by atoms with Gasteiger partial charge >= 0.3 is 59.0 Å². The molecule has 0 saturated heterocycles. The molecule has 2 N–H and O–H groups in total. The van der Waals surface area contributed by atoms with Crippen LogP contribution in [0, 0.1) is 0 Å². The molecule has 1 rings (SSSR count). The van der Waals surface area contributed by atoms with E-state index in [1.807, 2.05) is 10.3 Å². The van der Waals surface area contributed by atoms with Crippen LogP contribution in [0.1, 0.15) is 5.69 Å². The molecule has 40 valence electrons. The molecule has 0 aliphatic heterocycles. The Balaban J connectivity index is 3.00. The van der Waals surface area contributed by atoms with Crippen LogP contribution in [0.25, 0.3) is 0 Å². The van der Waals surface area contributed by atoms with E-state index in [2.05, 4.69) is 4.98 Å². The van der Waals surface area contributed by atoms with Crippen molar-refractivity contribution in [3.05, 3.63) is 11.1 Å². The topological polar surface area (TPSA) is 38.9 Å². The van der Waals surface area contributed by atoms with E-state index in [0.717, 1.165) is 5.69 Å². The van der Waals surface area contributed by atoms with Gasteiger partial charge in [0.1, 0.15) is 0 Å². The average molecular weight is 140 g/mol. The number of nitrogens with two attached hydrogens (primary N) is 1. The summed E-state index contributed by atoms with van der Waals surface area (Å²) in [5.41, 5.74) is 6.32. The number of hydrogen-bond acceptors (Lipinski definition) is 3. The maximum absolute atomic E-state index is 5.34. The monoisotopic (exact) mass is 140 g/mol. The van der Waals surface area contributed by atoms with Gasteiger partial charge in [0.25, 0.3) is 0 Å². The summed E-state index contributed by atoms with van der Waals surface area (Å²) in [6, 6.07) is 0. The first-order chi connectivity index (χ1) is 3.83. The van der Waals surface area contributed by atoms with Gasteiger partial charge in [-0.15, -0.1) is 0 Å². The van der Waals surface area contributed by atoms with Crippen molar-refractivity contribution in [2.45, 2.75) is 0 Å². The van der Waals surface area contributed by atoms with Crippen LogP contribution in [-0.4, -0.2) is 25.7 Å². The van der Waals surface area contributed by atoms with Crippen LogP contribution in [0.5, 0.6) is 0 Å². The van der Waals surface area contributed by atoms with Crippen molar-refractivity contribution >= 4 is 37.2 Å². The van der Waals surface area contributed by atoms with Crippen molar-refractivity contribution in [1.82, 2.24) is 4.98 Å². The fraction of sp³-hybridized carbons (Fsp3) is 0. The van der Waals surface area contributed by atoms with E-state index in [1.165, 1.54) is 11.3 Å². The molecular formula is C4H5AlN2S. The molecule has 0 radical (unpaired) electrons. The minimum atomic E-state index is 0.642. The van der Waals surface area contributed by atoms with Crippen molar-refractivity contribution in [3.63, 3.8) is 0 Å². The summed E-state index contributed by atoms with van der Waals surface area (Å²) in [6.07, 6.45) is 0. The zero-order valence-electron chi connectivity index (χ0n) is 4.29. The third-order valence-electron chi connectivity index (χ3n) is 0.749. The Bertz CT molecular complexity index is 196. The summed E-state index contributed by atoms with van der Waals surface area (Å²) in [5.74, 6) is 0. The third kappa shape index (κ3) is 1.16. The summed E-state index contributed by atoms with van der Waals surface area (Å²) >= 11 is 3.23. The molecule has 0 aliphatic rings. The van der Waals surface area contributed by atoms with Crippen LogP contribution in [0.4, 0.5) is 5.13 Å². The van der Waals surface area contributed by atoms with Crippen molar-refractivity contribution in [2.24, 2.45) is 0 Å². The second-order valence-corrected chi connectivity index (χ2v) is 2.61. The number of thiazole rings is 1. The molecule has 0 amide bonds. The third-order valence-corrected chi connectivity index (χ3v) is 1.86. The van der Waals surface area contributed by atoms with Crippen LogP contribution >= 0.6 is 11.3 Å². The molecule has 1 aromatic heterocycles. The predicted molar refractivity (Wildman–Crippen MR) is 38.8 cm³/mol. The number of anilines is 1. The summed E-state index contributed by atoms with van der Waals surface area (Å²) < 4.78 is 0. The second kappa shape index (κ2) is 2.40. The normalized spacial score (nSPS) is 8.88. The summed E-state index contributed by atoms with van der Waals surface area (Å²) in [7, 11) is 0. The molecule has 0 atom stereocenters. The van der Waals surface area contributed by atoms with Gasteiger partial charge < -0.3 is 0 Å². The quantitative estimate of drug-likeness (QED) is 0.547. The van der Waals surface area contributed by atoms with Gasteiger partial charge in [-0.25, -0.2) is 0 Å². The van der Waals surface area contributed by atoms with E-state index in [1.54, 1.807) is 15.9 Å². The van der Waals surface area contributed by atoms with Crippen molar-refractivity contribution < 1.29 is 0 Å². The second-order valence-electron chi connectivity index (χ2n) is 1.31. The van der Waals surface area contributed by atoms with Crippen molar-refractivity contribution in [2.75, 3.05) is 5.73 Å². The predicted octanol–water partition coefficient (Wildman–Crippen LogP) is -0.224. The Morgan fingerprint density at radius 1 is 1.88 bits per heavy atom. The molecule has 0 fully saturated rings. The standard InChI is InChI=1S/C4H4N2S.Al.H/c1-3-2-7-4(5)6-3;;/h1-2H,(H2,5,6);;. The van der Waals surface area contributed by atoms with Gasteiger partial charge in [-0.2, -0.15) is 0 Å². The van der Waals surface area contributed by atoms with Crippen LogP contribution in [0.2, 0.25) is 0 Å². The first-order valence-electron chi connectivity index (χ1n) is 2.16. The zero-order valence-corrected chi connectivity index (χ0v) is 6.53. The van der Waals surface area contributed by atoms with Crippen LogP contribution in [-0.2, 0) is 0 Å². The SMILES string of the molecule is Nc1nc([CH]=[AlH])cs1. The van der Waals surface area contributed by atoms with Gasteiger partial charge in [-0.1, -0.05) is 0 Å². The number of hydrogen-bond donors (Lipinski definition) is 1. The minimum absolute atomic E-state index is 0.642. The molecule has 2 nitrogen and oxygen atoms in total. The molecule has 0 bridgehead atoms. The first kappa shape index (κ1) is 5.96. The Labute approximate surface area is 59.3 Å². The molecule has 4 heteroatoms. The molecule has 0 spiro atoms. The van der Waals surface area contributed by atoms with Crippen molar-refractivity contribution in [1.29, 1.82) is 0 Å². The van der Waals surface area contributed by atoms with Gasteiger partial charge in [0.15, 0.2) is 0 Å². The molecule has 8 heavy (non-hydrogen) atoms. The Morgan fingerprint density at radius 3 is 2.88 bits per heavy atom. The van der Waals surface area contributed by atoms with Crippen molar-refractivity contribution in [3.8, 4) is 0 Å². The van der Waals surface area contributed by atoms with Gasteiger partial charge in [-0.3, -0.25) is 0 Å². The van der Waals surface area contributed by atoms with Crippen LogP contribution in [0.3, 0.4) is 0 Å². The van der Waals surface area contributed by atoms with E-state index in [-0.39, 0.29) is 0 Å². The van der Waals surface area contributed by atoms with Gasteiger partial charge in [0.2, 0.25) is 0 Å². The number of nitrogen functional groups attached to an aromatic ring is 1. The molecule has 0 saturated carbocycles. The number of rotatable bonds is 1. The van der Waals surface area contributed by atoms with Crippen LogP contribution < -0.4 is 5.73 Å². The molecule has 0 unspecified atom stereocenters.